The largest absolute Gasteiger partial charge is 0.481 e. The van der Waals surface area contributed by atoms with Crippen LogP contribution in [-0.4, -0.2) is 40.0 Å². The summed E-state index contributed by atoms with van der Waals surface area (Å²) in [7, 11) is 0. The second-order valence-corrected chi connectivity index (χ2v) is 6.01. The molecule has 0 aliphatic carbocycles. The Hall–Kier alpha value is -3.46. The predicted octanol–water partition coefficient (Wildman–Crippen LogP) is 2.37. The van der Waals surface area contributed by atoms with Crippen LogP contribution in [0, 0.1) is 0 Å². The molecule has 0 saturated heterocycles. The number of ether oxygens (including phenoxy) is 1. The fourth-order valence-corrected chi connectivity index (χ4v) is 2.76. The first-order chi connectivity index (χ1) is 12.6. The third-order valence-electron chi connectivity index (χ3n) is 3.24. The Bertz CT molecular complexity index is 934. The molecular formula is C17H14N4O4S. The first-order valence-electron chi connectivity index (χ1n) is 7.50. The summed E-state index contributed by atoms with van der Waals surface area (Å²) in [6.45, 7) is -0.462. The number of carbonyl (C=O) groups is 2. The lowest BCUT2D eigenvalue weighted by Gasteiger charge is -2.05. The quantitative estimate of drug-likeness (QED) is 0.436. The fraction of sp³-hybridized carbons (Fsp3) is 0.0588. The van der Waals surface area contributed by atoms with Crippen molar-refractivity contribution in [2.24, 2.45) is 5.10 Å². The van der Waals surface area contributed by atoms with Crippen molar-refractivity contribution in [1.29, 1.82) is 0 Å². The van der Waals surface area contributed by atoms with E-state index < -0.39 is 18.5 Å². The monoisotopic (exact) mass is 370 g/mol. The summed E-state index contributed by atoms with van der Waals surface area (Å²) < 4.78 is 5.17. The molecule has 0 saturated carbocycles. The smallest absolute Gasteiger partial charge is 0.341 e. The van der Waals surface area contributed by atoms with Gasteiger partial charge in [0.2, 0.25) is 0 Å². The van der Waals surface area contributed by atoms with Gasteiger partial charge in [0.05, 0.1) is 16.8 Å². The van der Waals surface area contributed by atoms with Crippen molar-refractivity contribution in [2.75, 3.05) is 6.61 Å². The number of amides is 1. The summed E-state index contributed by atoms with van der Waals surface area (Å²) in [6.07, 6.45) is 1.38. The van der Waals surface area contributed by atoms with Crippen LogP contribution in [0.2, 0.25) is 0 Å². The summed E-state index contributed by atoms with van der Waals surface area (Å²) in [5.41, 5.74) is 3.88. The number of hydrogen-bond donors (Lipinski definition) is 3. The standard InChI is InChI=1S/C17H14N4O4S/c22-16(23)10-25-14-5-2-1-4-11(14)9-18-21-17(24)13-8-12(19-20-13)15-6-3-7-26-15/h1-9H,10H2,(H,19,20)(H,21,24)(H,22,23)/b18-9-. The van der Waals surface area contributed by atoms with Gasteiger partial charge < -0.3 is 9.84 Å². The number of carboxylic acids is 1. The Kier molecular flexibility index (Phi) is 5.40. The molecule has 3 N–H and O–H groups in total. The zero-order valence-electron chi connectivity index (χ0n) is 13.4. The van der Waals surface area contributed by atoms with Gasteiger partial charge in [0, 0.05) is 5.56 Å². The van der Waals surface area contributed by atoms with E-state index in [1.165, 1.54) is 17.6 Å². The molecule has 0 fully saturated rings. The van der Waals surface area contributed by atoms with Crippen LogP contribution in [0.25, 0.3) is 10.6 Å². The third-order valence-corrected chi connectivity index (χ3v) is 4.14. The van der Waals surface area contributed by atoms with E-state index in [9.17, 15) is 9.59 Å². The zero-order chi connectivity index (χ0) is 18.4. The van der Waals surface area contributed by atoms with E-state index in [-0.39, 0.29) is 5.69 Å². The van der Waals surface area contributed by atoms with Crippen LogP contribution in [0.3, 0.4) is 0 Å². The van der Waals surface area contributed by atoms with Gasteiger partial charge in [0.1, 0.15) is 5.75 Å². The number of hydrogen-bond acceptors (Lipinski definition) is 6. The highest BCUT2D eigenvalue weighted by molar-refractivity contribution is 7.13. The molecule has 8 nitrogen and oxygen atoms in total. The Morgan fingerprint density at radius 1 is 1.31 bits per heavy atom. The molecule has 0 radical (unpaired) electrons. The van der Waals surface area contributed by atoms with Gasteiger partial charge in [-0.15, -0.1) is 11.3 Å². The number of nitrogens with zero attached hydrogens (tertiary/aromatic N) is 2. The normalized spacial score (nSPS) is 10.8. The van der Waals surface area contributed by atoms with Crippen LogP contribution in [0.15, 0.2) is 52.9 Å². The SMILES string of the molecule is O=C(O)COc1ccccc1/C=N\NC(=O)c1cc(-c2cccs2)[nH]n1. The van der Waals surface area contributed by atoms with Gasteiger partial charge in [-0.25, -0.2) is 10.2 Å². The molecule has 9 heteroatoms. The average Bonchev–Trinajstić information content (AvgIpc) is 3.32. The van der Waals surface area contributed by atoms with Crippen LogP contribution in [0.5, 0.6) is 5.75 Å². The molecule has 3 aromatic rings. The molecule has 0 unspecified atom stereocenters. The number of benzene rings is 1. The molecule has 1 aromatic carbocycles. The Morgan fingerprint density at radius 2 is 2.15 bits per heavy atom. The van der Waals surface area contributed by atoms with E-state index in [1.807, 2.05) is 17.5 Å². The summed E-state index contributed by atoms with van der Waals surface area (Å²) in [5, 5.41) is 21.3. The number of carbonyl (C=O) groups excluding carboxylic acids is 1. The maximum atomic E-state index is 12.1. The van der Waals surface area contributed by atoms with Crippen molar-refractivity contribution in [3.63, 3.8) is 0 Å². The summed E-state index contributed by atoms with van der Waals surface area (Å²) in [5.74, 6) is -1.19. The number of carboxylic acid groups (broad SMARTS) is 1. The van der Waals surface area contributed by atoms with Crippen molar-refractivity contribution in [2.45, 2.75) is 0 Å². The first kappa shape index (κ1) is 17.4. The molecule has 0 aliphatic heterocycles. The van der Waals surface area contributed by atoms with Crippen LogP contribution >= 0.6 is 11.3 Å². The molecule has 0 atom stereocenters. The van der Waals surface area contributed by atoms with Crippen molar-refractivity contribution >= 4 is 29.4 Å². The van der Waals surface area contributed by atoms with Crippen molar-refractivity contribution < 1.29 is 19.4 Å². The number of aromatic amines is 1. The minimum Gasteiger partial charge on any atom is -0.481 e. The molecule has 0 aliphatic rings. The number of nitrogens with one attached hydrogen (secondary N) is 2. The lowest BCUT2D eigenvalue weighted by Crippen LogP contribution is -2.18. The zero-order valence-corrected chi connectivity index (χ0v) is 14.2. The van der Waals surface area contributed by atoms with Crippen LogP contribution < -0.4 is 10.2 Å². The highest BCUT2D eigenvalue weighted by Crippen LogP contribution is 2.22. The molecule has 3 rings (SSSR count). The molecule has 2 aromatic heterocycles. The van der Waals surface area contributed by atoms with E-state index in [4.69, 9.17) is 9.84 Å². The molecule has 26 heavy (non-hydrogen) atoms. The molecule has 1 amide bonds. The third kappa shape index (κ3) is 4.33. The maximum Gasteiger partial charge on any atom is 0.341 e. The number of hydrazone groups is 1. The van der Waals surface area contributed by atoms with Gasteiger partial charge in [-0.2, -0.15) is 10.2 Å². The minimum atomic E-state index is -1.08. The second-order valence-electron chi connectivity index (χ2n) is 5.06. The van der Waals surface area contributed by atoms with Gasteiger partial charge in [-0.05, 0) is 29.6 Å². The van der Waals surface area contributed by atoms with Crippen LogP contribution in [-0.2, 0) is 4.79 Å². The minimum absolute atomic E-state index is 0.209. The average molecular weight is 370 g/mol. The summed E-state index contributed by atoms with van der Waals surface area (Å²) >= 11 is 1.54. The lowest BCUT2D eigenvalue weighted by molar-refractivity contribution is -0.139. The van der Waals surface area contributed by atoms with Crippen LogP contribution in [0.1, 0.15) is 16.1 Å². The van der Waals surface area contributed by atoms with E-state index in [0.717, 1.165) is 10.6 Å². The van der Waals surface area contributed by atoms with Crippen molar-refractivity contribution in [3.8, 4) is 16.3 Å². The second kappa shape index (κ2) is 8.08. The van der Waals surface area contributed by atoms with Gasteiger partial charge in [0.25, 0.3) is 5.91 Å². The maximum absolute atomic E-state index is 12.1. The van der Waals surface area contributed by atoms with Crippen LogP contribution in [0.4, 0.5) is 0 Å². The Labute approximate surface area is 152 Å². The number of H-pyrrole nitrogens is 1. The molecule has 0 bridgehead atoms. The topological polar surface area (TPSA) is 117 Å². The summed E-state index contributed by atoms with van der Waals surface area (Å²) in [4.78, 5) is 23.7. The predicted molar refractivity (Wildman–Crippen MR) is 96.5 cm³/mol. The van der Waals surface area contributed by atoms with E-state index in [1.54, 1.807) is 30.3 Å². The number of aromatic nitrogens is 2. The molecular weight excluding hydrogens is 356 g/mol. The van der Waals surface area contributed by atoms with Gasteiger partial charge >= 0.3 is 5.97 Å². The number of thiophene rings is 1. The Balaban J connectivity index is 1.64. The van der Waals surface area contributed by atoms with Crippen molar-refractivity contribution in [1.82, 2.24) is 15.6 Å². The van der Waals surface area contributed by atoms with Gasteiger partial charge in [-0.1, -0.05) is 18.2 Å². The van der Waals surface area contributed by atoms with E-state index in [0.29, 0.717) is 11.3 Å². The highest BCUT2D eigenvalue weighted by Gasteiger charge is 2.11. The number of para-hydroxylation sites is 1. The highest BCUT2D eigenvalue weighted by atomic mass is 32.1. The molecule has 2 heterocycles. The first-order valence-corrected chi connectivity index (χ1v) is 8.38. The van der Waals surface area contributed by atoms with Gasteiger partial charge in [0.15, 0.2) is 12.3 Å². The number of aliphatic carboxylic acids is 1. The number of rotatable bonds is 7. The van der Waals surface area contributed by atoms with Gasteiger partial charge in [-0.3, -0.25) is 9.89 Å². The van der Waals surface area contributed by atoms with E-state index in [2.05, 4.69) is 20.7 Å². The van der Waals surface area contributed by atoms with Crippen molar-refractivity contribution in [3.05, 3.63) is 59.1 Å². The Morgan fingerprint density at radius 3 is 2.92 bits per heavy atom. The van der Waals surface area contributed by atoms with E-state index >= 15 is 0 Å². The fourth-order valence-electron chi connectivity index (χ4n) is 2.07. The molecule has 132 valence electrons. The molecule has 0 spiro atoms. The summed E-state index contributed by atoms with van der Waals surface area (Å²) in [6, 6.07) is 12.2. The lowest BCUT2D eigenvalue weighted by atomic mass is 10.2.